The summed E-state index contributed by atoms with van der Waals surface area (Å²) in [4.78, 5) is 24.0. The van der Waals surface area contributed by atoms with Crippen molar-refractivity contribution in [2.75, 3.05) is 19.5 Å². The number of hydrogen-bond acceptors (Lipinski definition) is 3. The number of carbonyl (C=O) groups excluding carboxylic acids is 2. The van der Waals surface area contributed by atoms with Crippen LogP contribution in [0.5, 0.6) is 5.75 Å². The lowest BCUT2D eigenvalue weighted by molar-refractivity contribution is -0.111. The molecule has 0 aliphatic carbocycles. The third kappa shape index (κ3) is 4.42. The normalized spacial score (nSPS) is 10.5. The highest BCUT2D eigenvalue weighted by atomic mass is 19.1. The number of ether oxygens (including phenoxy) is 1. The van der Waals surface area contributed by atoms with Crippen molar-refractivity contribution in [3.63, 3.8) is 0 Å². The summed E-state index contributed by atoms with van der Waals surface area (Å²) in [6.07, 6.45) is 2.86. The summed E-state index contributed by atoms with van der Waals surface area (Å²) < 4.78 is 17.9. The average Bonchev–Trinajstić information content (AvgIpc) is 2.61. The maximum Gasteiger partial charge on any atom is 0.253 e. The Hall–Kier alpha value is -3.15. The van der Waals surface area contributed by atoms with Crippen molar-refractivity contribution in [3.8, 4) is 5.75 Å². The number of benzene rings is 2. The van der Waals surface area contributed by atoms with Crippen LogP contribution in [0, 0.1) is 5.82 Å². The van der Waals surface area contributed by atoms with Crippen LogP contribution in [0.1, 0.15) is 15.9 Å². The van der Waals surface area contributed by atoms with Crippen molar-refractivity contribution in [1.82, 2.24) is 5.32 Å². The lowest BCUT2D eigenvalue weighted by Crippen LogP contribution is -2.21. The minimum atomic E-state index is -0.408. The fourth-order valence-corrected chi connectivity index (χ4v) is 2.00. The fraction of sp³-hybridized carbons (Fsp3) is 0.111. The van der Waals surface area contributed by atoms with Gasteiger partial charge in [0.15, 0.2) is 0 Å². The van der Waals surface area contributed by atoms with E-state index >= 15 is 0 Å². The highest BCUT2D eigenvalue weighted by molar-refractivity contribution is 6.07. The van der Waals surface area contributed by atoms with E-state index in [1.165, 1.54) is 38.4 Å². The minimum Gasteiger partial charge on any atom is -0.497 e. The van der Waals surface area contributed by atoms with Gasteiger partial charge >= 0.3 is 0 Å². The molecule has 0 aliphatic heterocycles. The summed E-state index contributed by atoms with van der Waals surface area (Å²) in [5.74, 6) is -0.583. The van der Waals surface area contributed by atoms with E-state index < -0.39 is 5.91 Å². The first-order chi connectivity index (χ1) is 11.5. The second-order valence-electron chi connectivity index (χ2n) is 4.86. The molecular formula is C18H17FN2O3. The molecule has 24 heavy (non-hydrogen) atoms. The quantitative estimate of drug-likeness (QED) is 0.830. The summed E-state index contributed by atoms with van der Waals surface area (Å²) in [5.41, 5.74) is 1.34. The number of amides is 2. The summed E-state index contributed by atoms with van der Waals surface area (Å²) in [6, 6.07) is 10.5. The third-order valence-electron chi connectivity index (χ3n) is 3.25. The molecule has 6 heteroatoms. The molecule has 2 N–H and O–H groups in total. The van der Waals surface area contributed by atoms with Gasteiger partial charge in [0.1, 0.15) is 11.6 Å². The second kappa shape index (κ2) is 7.92. The van der Waals surface area contributed by atoms with E-state index in [4.69, 9.17) is 4.74 Å². The van der Waals surface area contributed by atoms with Crippen molar-refractivity contribution in [2.45, 2.75) is 0 Å². The van der Waals surface area contributed by atoms with Crippen LogP contribution >= 0.6 is 0 Å². The number of carbonyl (C=O) groups is 2. The number of halogens is 1. The van der Waals surface area contributed by atoms with Crippen molar-refractivity contribution >= 4 is 23.6 Å². The number of anilines is 1. The highest BCUT2D eigenvalue weighted by Gasteiger charge is 2.12. The SMILES string of the molecule is CNC(=O)c1cc(OC)ccc1NC(=O)/C=C/c1ccc(F)cc1. The smallest absolute Gasteiger partial charge is 0.253 e. The van der Waals surface area contributed by atoms with Gasteiger partial charge in [0, 0.05) is 13.1 Å². The number of rotatable bonds is 5. The number of methoxy groups -OCH3 is 1. The zero-order valence-corrected chi connectivity index (χ0v) is 13.3. The van der Waals surface area contributed by atoms with E-state index in [0.29, 0.717) is 22.6 Å². The van der Waals surface area contributed by atoms with Gasteiger partial charge in [-0.3, -0.25) is 9.59 Å². The van der Waals surface area contributed by atoms with Gasteiger partial charge in [-0.15, -0.1) is 0 Å². The largest absolute Gasteiger partial charge is 0.497 e. The van der Waals surface area contributed by atoms with E-state index in [2.05, 4.69) is 10.6 Å². The molecule has 2 rings (SSSR count). The fourth-order valence-electron chi connectivity index (χ4n) is 2.00. The minimum absolute atomic E-state index is 0.292. The standard InChI is InChI=1S/C18H17FN2O3/c1-20-18(23)15-11-14(24-2)8-9-16(15)21-17(22)10-5-12-3-6-13(19)7-4-12/h3-11H,1-2H3,(H,20,23)(H,21,22)/b10-5+. The Balaban J connectivity index is 2.16. The van der Waals surface area contributed by atoms with Crippen LogP contribution in [0.4, 0.5) is 10.1 Å². The molecule has 0 saturated heterocycles. The maximum atomic E-state index is 12.8. The van der Waals surface area contributed by atoms with Gasteiger partial charge in [0.05, 0.1) is 18.4 Å². The monoisotopic (exact) mass is 328 g/mol. The molecule has 0 atom stereocenters. The van der Waals surface area contributed by atoms with Gasteiger partial charge in [-0.25, -0.2) is 4.39 Å². The molecule has 2 aromatic rings. The molecule has 5 nitrogen and oxygen atoms in total. The molecule has 0 heterocycles. The van der Waals surface area contributed by atoms with Crippen molar-refractivity contribution in [2.24, 2.45) is 0 Å². The van der Waals surface area contributed by atoms with E-state index in [0.717, 1.165) is 0 Å². The molecular weight excluding hydrogens is 311 g/mol. The van der Waals surface area contributed by atoms with Crippen LogP contribution in [-0.4, -0.2) is 26.0 Å². The Labute approximate surface area is 139 Å². The molecule has 124 valence electrons. The second-order valence-corrected chi connectivity index (χ2v) is 4.86. The van der Waals surface area contributed by atoms with Gasteiger partial charge in [-0.2, -0.15) is 0 Å². The Morgan fingerprint density at radius 3 is 2.46 bits per heavy atom. The molecule has 0 bridgehead atoms. The summed E-state index contributed by atoms with van der Waals surface area (Å²) in [6.45, 7) is 0. The van der Waals surface area contributed by atoms with Gasteiger partial charge in [-0.1, -0.05) is 12.1 Å². The zero-order chi connectivity index (χ0) is 17.5. The van der Waals surface area contributed by atoms with Crippen molar-refractivity contribution < 1.29 is 18.7 Å². The van der Waals surface area contributed by atoms with Crippen LogP contribution in [0.25, 0.3) is 6.08 Å². The molecule has 0 saturated carbocycles. The first kappa shape index (κ1) is 17.2. The molecule has 2 amide bonds. The molecule has 0 fully saturated rings. The summed E-state index contributed by atoms with van der Waals surface area (Å²) >= 11 is 0. The topological polar surface area (TPSA) is 67.4 Å². The predicted octanol–water partition coefficient (Wildman–Crippen LogP) is 2.85. The number of hydrogen-bond donors (Lipinski definition) is 2. The molecule has 0 spiro atoms. The molecule has 0 aliphatic rings. The third-order valence-corrected chi connectivity index (χ3v) is 3.25. The van der Waals surface area contributed by atoms with E-state index in [1.54, 1.807) is 30.3 Å². The molecule has 0 unspecified atom stereocenters. The summed E-state index contributed by atoms with van der Waals surface area (Å²) in [7, 11) is 2.99. The van der Waals surface area contributed by atoms with Gasteiger partial charge in [0.2, 0.25) is 5.91 Å². The Morgan fingerprint density at radius 1 is 1.12 bits per heavy atom. The highest BCUT2D eigenvalue weighted by Crippen LogP contribution is 2.22. The molecule has 2 aromatic carbocycles. The van der Waals surface area contributed by atoms with Crippen LogP contribution in [0.15, 0.2) is 48.5 Å². The van der Waals surface area contributed by atoms with Gasteiger partial charge in [-0.05, 0) is 42.0 Å². The lowest BCUT2D eigenvalue weighted by Gasteiger charge is -2.10. The van der Waals surface area contributed by atoms with E-state index in [9.17, 15) is 14.0 Å². The van der Waals surface area contributed by atoms with Crippen LogP contribution < -0.4 is 15.4 Å². The van der Waals surface area contributed by atoms with E-state index in [-0.39, 0.29) is 11.7 Å². The lowest BCUT2D eigenvalue weighted by atomic mass is 10.1. The maximum absolute atomic E-state index is 12.8. The van der Waals surface area contributed by atoms with Crippen molar-refractivity contribution in [3.05, 3.63) is 65.5 Å². The van der Waals surface area contributed by atoms with Crippen molar-refractivity contribution in [1.29, 1.82) is 0 Å². The van der Waals surface area contributed by atoms with Crippen LogP contribution in [-0.2, 0) is 4.79 Å². The summed E-state index contributed by atoms with van der Waals surface area (Å²) in [5, 5.41) is 5.15. The predicted molar refractivity (Wildman–Crippen MR) is 90.4 cm³/mol. The Morgan fingerprint density at radius 2 is 1.83 bits per heavy atom. The van der Waals surface area contributed by atoms with E-state index in [1.807, 2.05) is 0 Å². The number of nitrogens with one attached hydrogen (secondary N) is 2. The first-order valence-electron chi connectivity index (χ1n) is 7.18. The molecule has 0 radical (unpaired) electrons. The Kier molecular flexibility index (Phi) is 5.68. The zero-order valence-electron chi connectivity index (χ0n) is 13.3. The van der Waals surface area contributed by atoms with Gasteiger partial charge in [0.25, 0.3) is 5.91 Å². The molecule has 0 aromatic heterocycles. The average molecular weight is 328 g/mol. The Bertz CT molecular complexity index is 770. The first-order valence-corrected chi connectivity index (χ1v) is 7.18. The van der Waals surface area contributed by atoms with Crippen LogP contribution in [0.3, 0.4) is 0 Å². The van der Waals surface area contributed by atoms with Crippen LogP contribution in [0.2, 0.25) is 0 Å². The van der Waals surface area contributed by atoms with Gasteiger partial charge < -0.3 is 15.4 Å².